The minimum absolute atomic E-state index is 0.499. The summed E-state index contributed by atoms with van der Waals surface area (Å²) in [5, 5.41) is 7.23. The molecule has 0 radical (unpaired) electrons. The van der Waals surface area contributed by atoms with Crippen molar-refractivity contribution in [1.82, 2.24) is 19.7 Å². The second-order valence-electron chi connectivity index (χ2n) is 4.69. The summed E-state index contributed by atoms with van der Waals surface area (Å²) < 4.78 is 2.86. The molecule has 1 aliphatic rings. The van der Waals surface area contributed by atoms with E-state index >= 15 is 0 Å². The Hall–Kier alpha value is -1.49. The Bertz CT molecular complexity index is 566. The van der Waals surface area contributed by atoms with E-state index in [1.54, 1.807) is 12.4 Å². The van der Waals surface area contributed by atoms with Gasteiger partial charge in [0.25, 0.3) is 0 Å². The maximum Gasteiger partial charge on any atom is 0.195 e. The fourth-order valence-corrected chi connectivity index (χ4v) is 2.70. The zero-order valence-electron chi connectivity index (χ0n) is 9.63. The van der Waals surface area contributed by atoms with Crippen LogP contribution < -0.4 is 0 Å². The van der Waals surface area contributed by atoms with Gasteiger partial charge in [-0.15, -0.1) is 0 Å². The Kier molecular flexibility index (Phi) is 2.55. The Morgan fingerprint density at radius 1 is 1.35 bits per heavy atom. The molecule has 1 N–H and O–H groups in total. The van der Waals surface area contributed by atoms with E-state index in [9.17, 15) is 0 Å². The number of hydrogen-bond donors (Lipinski definition) is 1. The smallest absolute Gasteiger partial charge is 0.195 e. The minimum atomic E-state index is 0.499. The van der Waals surface area contributed by atoms with Gasteiger partial charge in [0, 0.05) is 24.0 Å². The zero-order valence-corrected chi connectivity index (χ0v) is 10.4. The monoisotopic (exact) mass is 246 g/mol. The van der Waals surface area contributed by atoms with E-state index in [0.29, 0.717) is 10.8 Å². The third-order valence-corrected chi connectivity index (χ3v) is 3.64. The van der Waals surface area contributed by atoms with Gasteiger partial charge in [-0.3, -0.25) is 14.6 Å². The quantitative estimate of drug-likeness (QED) is 0.829. The van der Waals surface area contributed by atoms with E-state index in [1.807, 2.05) is 12.1 Å². The molecule has 4 nitrogen and oxygen atoms in total. The van der Waals surface area contributed by atoms with Crippen LogP contribution in [0.25, 0.3) is 11.4 Å². The number of aromatic amines is 1. The maximum atomic E-state index is 5.32. The van der Waals surface area contributed by atoms with Crippen LogP contribution in [0.3, 0.4) is 0 Å². The van der Waals surface area contributed by atoms with Crippen LogP contribution in [0.1, 0.15) is 25.8 Å². The molecule has 0 bridgehead atoms. The third-order valence-electron chi connectivity index (χ3n) is 3.36. The summed E-state index contributed by atoms with van der Waals surface area (Å²) in [6.07, 6.45) is 5.93. The van der Waals surface area contributed by atoms with Crippen molar-refractivity contribution in [2.45, 2.75) is 25.8 Å². The molecule has 0 unspecified atom stereocenters. The number of H-pyrrole nitrogens is 1. The molecule has 0 aromatic carbocycles. The molecular formula is C12H14N4S. The molecule has 88 valence electrons. The average molecular weight is 246 g/mol. The van der Waals surface area contributed by atoms with Crippen molar-refractivity contribution >= 4 is 12.2 Å². The number of hydrogen-bond acceptors (Lipinski definition) is 3. The summed E-state index contributed by atoms with van der Waals surface area (Å²) in [6, 6.07) is 4.42. The van der Waals surface area contributed by atoms with Crippen molar-refractivity contribution in [2.24, 2.45) is 5.92 Å². The highest BCUT2D eigenvalue weighted by atomic mass is 32.1. The molecular weight excluding hydrogens is 232 g/mol. The first-order valence-corrected chi connectivity index (χ1v) is 6.24. The fourth-order valence-electron chi connectivity index (χ4n) is 2.42. The van der Waals surface area contributed by atoms with Gasteiger partial charge in [0.1, 0.15) is 0 Å². The topological polar surface area (TPSA) is 46.5 Å². The first kappa shape index (κ1) is 10.7. The number of nitrogens with one attached hydrogen (secondary N) is 1. The highest BCUT2D eigenvalue weighted by Crippen LogP contribution is 2.39. The van der Waals surface area contributed by atoms with E-state index in [4.69, 9.17) is 12.2 Å². The molecule has 0 saturated heterocycles. The van der Waals surface area contributed by atoms with Crippen molar-refractivity contribution in [1.29, 1.82) is 0 Å². The SMILES string of the molecule is CC1CC(n2c(-c3ccncc3)n[nH]c2=S)C1. The van der Waals surface area contributed by atoms with E-state index in [-0.39, 0.29) is 0 Å². The summed E-state index contributed by atoms with van der Waals surface area (Å²) in [5.74, 6) is 1.72. The van der Waals surface area contributed by atoms with Crippen LogP contribution in [-0.2, 0) is 0 Å². The van der Waals surface area contributed by atoms with Crippen molar-refractivity contribution in [3.8, 4) is 11.4 Å². The molecule has 2 aromatic rings. The predicted molar refractivity (Wildman–Crippen MR) is 68.1 cm³/mol. The molecule has 5 heteroatoms. The van der Waals surface area contributed by atoms with Crippen molar-refractivity contribution < 1.29 is 0 Å². The highest BCUT2D eigenvalue weighted by Gasteiger charge is 2.29. The lowest BCUT2D eigenvalue weighted by atomic mass is 9.81. The lowest BCUT2D eigenvalue weighted by molar-refractivity contribution is 0.216. The molecule has 1 saturated carbocycles. The normalized spacial score (nSPS) is 23.4. The Morgan fingerprint density at radius 3 is 2.71 bits per heavy atom. The van der Waals surface area contributed by atoms with Gasteiger partial charge in [-0.2, -0.15) is 5.10 Å². The van der Waals surface area contributed by atoms with E-state index in [1.165, 1.54) is 12.8 Å². The summed E-state index contributed by atoms with van der Waals surface area (Å²) in [6.45, 7) is 2.27. The summed E-state index contributed by atoms with van der Waals surface area (Å²) in [7, 11) is 0. The summed E-state index contributed by atoms with van der Waals surface area (Å²) >= 11 is 5.32. The van der Waals surface area contributed by atoms with Crippen LogP contribution in [0.2, 0.25) is 0 Å². The van der Waals surface area contributed by atoms with Gasteiger partial charge in [0.05, 0.1) is 0 Å². The standard InChI is InChI=1S/C12H14N4S/c1-8-6-10(7-8)16-11(14-15-12(16)17)9-2-4-13-5-3-9/h2-5,8,10H,6-7H2,1H3,(H,15,17). The second kappa shape index (κ2) is 4.07. The van der Waals surface area contributed by atoms with Gasteiger partial charge in [-0.1, -0.05) is 6.92 Å². The maximum absolute atomic E-state index is 5.32. The third kappa shape index (κ3) is 1.80. The first-order chi connectivity index (χ1) is 8.25. The molecule has 2 heterocycles. The average Bonchev–Trinajstić information content (AvgIpc) is 2.68. The van der Waals surface area contributed by atoms with Crippen molar-refractivity contribution in [2.75, 3.05) is 0 Å². The van der Waals surface area contributed by atoms with Crippen LogP contribution in [-0.4, -0.2) is 19.7 Å². The molecule has 0 amide bonds. The fraction of sp³-hybridized carbons (Fsp3) is 0.417. The molecule has 3 rings (SSSR count). The van der Waals surface area contributed by atoms with Gasteiger partial charge < -0.3 is 0 Å². The molecule has 1 fully saturated rings. The first-order valence-electron chi connectivity index (χ1n) is 5.83. The molecule has 2 aromatic heterocycles. The van der Waals surface area contributed by atoms with Gasteiger partial charge in [0.15, 0.2) is 10.6 Å². The second-order valence-corrected chi connectivity index (χ2v) is 5.08. The lowest BCUT2D eigenvalue weighted by Gasteiger charge is -2.34. The van der Waals surface area contributed by atoms with Crippen LogP contribution in [0.5, 0.6) is 0 Å². The number of nitrogens with zero attached hydrogens (tertiary/aromatic N) is 3. The van der Waals surface area contributed by atoms with Crippen LogP contribution >= 0.6 is 12.2 Å². The number of pyridine rings is 1. The number of rotatable bonds is 2. The van der Waals surface area contributed by atoms with E-state index < -0.39 is 0 Å². The van der Waals surface area contributed by atoms with E-state index in [0.717, 1.165) is 17.3 Å². The highest BCUT2D eigenvalue weighted by molar-refractivity contribution is 7.71. The van der Waals surface area contributed by atoms with Gasteiger partial charge in [0.2, 0.25) is 0 Å². The molecule has 1 aliphatic carbocycles. The van der Waals surface area contributed by atoms with Gasteiger partial charge >= 0.3 is 0 Å². The Labute approximate surface area is 105 Å². The Morgan fingerprint density at radius 2 is 2.06 bits per heavy atom. The predicted octanol–water partition coefficient (Wildman–Crippen LogP) is 2.97. The Balaban J connectivity index is 2.04. The van der Waals surface area contributed by atoms with Crippen LogP contribution in [0, 0.1) is 10.7 Å². The van der Waals surface area contributed by atoms with Gasteiger partial charge in [-0.25, -0.2) is 0 Å². The summed E-state index contributed by atoms with van der Waals surface area (Å²) in [4.78, 5) is 4.03. The summed E-state index contributed by atoms with van der Waals surface area (Å²) in [5.41, 5.74) is 1.06. The van der Waals surface area contributed by atoms with Crippen LogP contribution in [0.4, 0.5) is 0 Å². The molecule has 0 spiro atoms. The number of aromatic nitrogens is 4. The lowest BCUT2D eigenvalue weighted by Crippen LogP contribution is -2.25. The molecule has 0 aliphatic heterocycles. The van der Waals surface area contributed by atoms with Crippen LogP contribution in [0.15, 0.2) is 24.5 Å². The minimum Gasteiger partial charge on any atom is -0.297 e. The zero-order chi connectivity index (χ0) is 11.8. The largest absolute Gasteiger partial charge is 0.297 e. The molecule has 17 heavy (non-hydrogen) atoms. The van der Waals surface area contributed by atoms with Gasteiger partial charge in [-0.05, 0) is 43.1 Å². The van der Waals surface area contributed by atoms with E-state index in [2.05, 4.69) is 26.7 Å². The van der Waals surface area contributed by atoms with Crippen molar-refractivity contribution in [3.05, 3.63) is 29.3 Å². The molecule has 0 atom stereocenters. The van der Waals surface area contributed by atoms with Crippen molar-refractivity contribution in [3.63, 3.8) is 0 Å².